The molecule has 1 heterocycles. The molecule has 152 valence electrons. The van der Waals surface area contributed by atoms with Gasteiger partial charge >= 0.3 is 0 Å². The van der Waals surface area contributed by atoms with Gasteiger partial charge in [0.1, 0.15) is 6.10 Å². The Morgan fingerprint density at radius 3 is 1.93 bits per heavy atom. The molecular weight excluding hydrogens is 366 g/mol. The average molecular weight is 400 g/mol. The van der Waals surface area contributed by atoms with Crippen LogP contribution in [-0.4, -0.2) is 39.5 Å². The molecule has 0 unspecified atom stereocenters. The van der Waals surface area contributed by atoms with E-state index in [0.717, 1.165) is 0 Å². The highest BCUT2D eigenvalue weighted by molar-refractivity contribution is 6.99. The van der Waals surface area contributed by atoms with E-state index in [1.165, 1.54) is 10.4 Å². The smallest absolute Gasteiger partial charge is 0.261 e. The first-order valence-electron chi connectivity index (χ1n) is 9.98. The number of rotatable bonds is 6. The number of hydrogen-bond acceptors (Lipinski definition) is 4. The lowest BCUT2D eigenvalue weighted by Gasteiger charge is -2.43. The van der Waals surface area contributed by atoms with Crippen LogP contribution in [0.15, 0.2) is 60.7 Å². The number of benzene rings is 2. The average Bonchev–Trinajstić information content (AvgIpc) is 3.03. The molecule has 0 bridgehead atoms. The Morgan fingerprint density at radius 1 is 1.04 bits per heavy atom. The van der Waals surface area contributed by atoms with Gasteiger partial charge in [-0.25, -0.2) is 0 Å². The van der Waals surface area contributed by atoms with Crippen molar-refractivity contribution in [3.05, 3.63) is 60.7 Å². The van der Waals surface area contributed by atoms with Crippen molar-refractivity contribution in [2.75, 3.05) is 13.2 Å². The van der Waals surface area contributed by atoms with Crippen molar-refractivity contribution in [3.63, 3.8) is 0 Å². The van der Waals surface area contributed by atoms with E-state index < -0.39 is 14.1 Å². The van der Waals surface area contributed by atoms with E-state index in [-0.39, 0.29) is 17.2 Å². The van der Waals surface area contributed by atoms with E-state index >= 15 is 0 Å². The second kappa shape index (κ2) is 8.09. The van der Waals surface area contributed by atoms with E-state index in [1.807, 2.05) is 26.0 Å². The summed E-state index contributed by atoms with van der Waals surface area (Å²) in [5.74, 6) is -0.584. The molecule has 0 amide bonds. The molecule has 2 aromatic rings. The summed E-state index contributed by atoms with van der Waals surface area (Å²) in [6.45, 7) is 11.6. The molecule has 0 radical (unpaired) electrons. The summed E-state index contributed by atoms with van der Waals surface area (Å²) < 4.78 is 18.5. The second-order valence-electron chi connectivity index (χ2n) is 9.01. The van der Waals surface area contributed by atoms with Crippen molar-refractivity contribution in [2.45, 2.75) is 57.6 Å². The molecule has 1 fully saturated rings. The van der Waals surface area contributed by atoms with Gasteiger partial charge in [0, 0.05) is 0 Å². The number of ether oxygens (including phenoxy) is 2. The first kappa shape index (κ1) is 21.2. The lowest BCUT2D eigenvalue weighted by Crippen LogP contribution is -2.67. The summed E-state index contributed by atoms with van der Waals surface area (Å²) in [6.07, 6.45) is -0.159. The fraction of sp³-hybridized carbons (Fsp3) is 0.478. The summed E-state index contributed by atoms with van der Waals surface area (Å²) in [7, 11) is -2.58. The SMILES string of the molecule is CC1(C)OC[C@@H]([C@@H](N)CO[Si](c2ccccc2)(c2ccccc2)C(C)(C)C)O1. The summed E-state index contributed by atoms with van der Waals surface area (Å²) in [6, 6.07) is 21.0. The molecule has 2 N–H and O–H groups in total. The van der Waals surface area contributed by atoms with Gasteiger partial charge in [-0.15, -0.1) is 0 Å². The van der Waals surface area contributed by atoms with Gasteiger partial charge in [-0.3, -0.25) is 0 Å². The minimum absolute atomic E-state index is 0.0677. The fourth-order valence-electron chi connectivity index (χ4n) is 4.02. The lowest BCUT2D eigenvalue weighted by molar-refractivity contribution is -0.141. The fourth-order valence-corrected chi connectivity index (χ4v) is 8.61. The Bertz CT molecular complexity index is 719. The minimum atomic E-state index is -2.58. The maximum atomic E-state index is 6.89. The molecular formula is C23H33NO3Si. The third kappa shape index (κ3) is 4.24. The highest BCUT2D eigenvalue weighted by Gasteiger charge is 2.50. The monoisotopic (exact) mass is 399 g/mol. The van der Waals surface area contributed by atoms with E-state index in [2.05, 4.69) is 69.3 Å². The molecule has 4 nitrogen and oxygen atoms in total. The molecule has 1 saturated heterocycles. The van der Waals surface area contributed by atoms with Crippen LogP contribution in [0.3, 0.4) is 0 Å². The van der Waals surface area contributed by atoms with Crippen LogP contribution in [0.2, 0.25) is 5.04 Å². The zero-order valence-corrected chi connectivity index (χ0v) is 18.6. The lowest BCUT2D eigenvalue weighted by atomic mass is 10.2. The van der Waals surface area contributed by atoms with E-state index in [9.17, 15) is 0 Å². The molecule has 0 aliphatic carbocycles. The van der Waals surface area contributed by atoms with Crippen LogP contribution in [0.1, 0.15) is 34.6 Å². The predicted molar refractivity (Wildman–Crippen MR) is 116 cm³/mol. The van der Waals surface area contributed by atoms with Crippen LogP contribution in [-0.2, 0) is 13.9 Å². The van der Waals surface area contributed by atoms with Crippen LogP contribution in [0.25, 0.3) is 0 Å². The third-order valence-electron chi connectivity index (χ3n) is 5.42. The molecule has 0 aromatic heterocycles. The van der Waals surface area contributed by atoms with Gasteiger partial charge in [0.15, 0.2) is 5.79 Å². The maximum Gasteiger partial charge on any atom is 0.261 e. The Kier molecular flexibility index (Phi) is 6.13. The first-order valence-corrected chi connectivity index (χ1v) is 11.9. The Hall–Kier alpha value is -1.50. The molecule has 0 saturated carbocycles. The van der Waals surface area contributed by atoms with E-state index in [4.69, 9.17) is 19.6 Å². The normalized spacial score (nSPS) is 20.9. The Morgan fingerprint density at radius 2 is 1.54 bits per heavy atom. The number of nitrogens with two attached hydrogens (primary N) is 1. The standard InChI is InChI=1S/C23H33NO3Si/c1-22(2,3)28(18-12-8-6-9-13-18,19-14-10-7-11-15-19)26-16-20(24)21-17-25-23(4,5)27-21/h6-15,20-21H,16-17,24H2,1-5H3/t20-,21-/m0/s1. The van der Waals surface area contributed by atoms with Crippen molar-refractivity contribution < 1.29 is 13.9 Å². The molecule has 2 atom stereocenters. The second-order valence-corrected chi connectivity index (χ2v) is 13.3. The number of hydrogen-bond donors (Lipinski definition) is 1. The molecule has 2 aromatic carbocycles. The summed E-state index contributed by atoms with van der Waals surface area (Å²) in [5.41, 5.74) is 6.50. The van der Waals surface area contributed by atoms with Crippen molar-refractivity contribution in [1.29, 1.82) is 0 Å². The highest BCUT2D eigenvalue weighted by Crippen LogP contribution is 2.37. The van der Waals surface area contributed by atoms with Gasteiger partial charge in [-0.1, -0.05) is 81.4 Å². The summed E-state index contributed by atoms with van der Waals surface area (Å²) in [5, 5.41) is 2.44. The van der Waals surface area contributed by atoms with Crippen LogP contribution in [0.5, 0.6) is 0 Å². The summed E-state index contributed by atoms with van der Waals surface area (Å²) in [4.78, 5) is 0. The van der Waals surface area contributed by atoms with Gasteiger partial charge in [0.05, 0.1) is 19.3 Å². The van der Waals surface area contributed by atoms with Crippen molar-refractivity contribution in [3.8, 4) is 0 Å². The van der Waals surface area contributed by atoms with Gasteiger partial charge in [0.2, 0.25) is 0 Å². The first-order chi connectivity index (χ1) is 13.2. The molecule has 0 spiro atoms. The maximum absolute atomic E-state index is 6.89. The van der Waals surface area contributed by atoms with Crippen LogP contribution in [0.4, 0.5) is 0 Å². The van der Waals surface area contributed by atoms with Crippen LogP contribution in [0, 0.1) is 0 Å². The van der Waals surface area contributed by atoms with E-state index in [1.54, 1.807) is 0 Å². The zero-order valence-electron chi connectivity index (χ0n) is 17.6. The van der Waals surface area contributed by atoms with E-state index in [0.29, 0.717) is 13.2 Å². The van der Waals surface area contributed by atoms with Crippen LogP contribution >= 0.6 is 0 Å². The Balaban J connectivity index is 1.95. The molecule has 28 heavy (non-hydrogen) atoms. The summed E-state index contributed by atoms with van der Waals surface area (Å²) >= 11 is 0. The molecule has 1 aliphatic rings. The highest BCUT2D eigenvalue weighted by atomic mass is 28.4. The third-order valence-corrected chi connectivity index (χ3v) is 10.4. The predicted octanol–water partition coefficient (Wildman–Crippen LogP) is 3.04. The van der Waals surface area contributed by atoms with Crippen molar-refractivity contribution in [2.24, 2.45) is 5.73 Å². The minimum Gasteiger partial charge on any atom is -0.406 e. The van der Waals surface area contributed by atoms with Gasteiger partial charge in [-0.2, -0.15) is 0 Å². The topological polar surface area (TPSA) is 53.7 Å². The van der Waals surface area contributed by atoms with Gasteiger partial charge in [0.25, 0.3) is 8.32 Å². The molecule has 5 heteroatoms. The quantitative estimate of drug-likeness (QED) is 0.759. The Labute approximate surface area is 170 Å². The zero-order chi connectivity index (χ0) is 20.4. The van der Waals surface area contributed by atoms with Crippen LogP contribution < -0.4 is 16.1 Å². The largest absolute Gasteiger partial charge is 0.406 e. The van der Waals surface area contributed by atoms with Gasteiger partial charge in [-0.05, 0) is 29.3 Å². The molecule has 1 aliphatic heterocycles. The van der Waals surface area contributed by atoms with Crippen molar-refractivity contribution in [1.82, 2.24) is 0 Å². The van der Waals surface area contributed by atoms with Crippen molar-refractivity contribution >= 4 is 18.7 Å². The molecule has 3 rings (SSSR count). The van der Waals surface area contributed by atoms with Gasteiger partial charge < -0.3 is 19.6 Å².